The largest absolute Gasteiger partial charge is 0.473 e. The van der Waals surface area contributed by atoms with E-state index >= 15 is 0 Å². The second-order valence-corrected chi connectivity index (χ2v) is 6.84. The average Bonchev–Trinajstić information content (AvgIpc) is 2.45. The summed E-state index contributed by atoms with van der Waals surface area (Å²) in [7, 11) is 0. The van der Waals surface area contributed by atoms with Crippen molar-refractivity contribution in [2.24, 2.45) is 0 Å². The molecule has 21 heavy (non-hydrogen) atoms. The number of nitrogens with zero attached hydrogens (tertiary/aromatic N) is 1. The SMILES string of the molecule is CC(C)(C)c1cc(CO)cc(OCc2ccccc2Br)n1. The van der Waals surface area contributed by atoms with E-state index in [1.54, 1.807) is 6.07 Å². The van der Waals surface area contributed by atoms with Crippen molar-refractivity contribution in [1.29, 1.82) is 0 Å². The number of rotatable bonds is 4. The van der Waals surface area contributed by atoms with Gasteiger partial charge < -0.3 is 9.84 Å². The van der Waals surface area contributed by atoms with Crippen LogP contribution in [0.5, 0.6) is 5.88 Å². The Morgan fingerprint density at radius 3 is 2.52 bits per heavy atom. The standard InChI is InChI=1S/C17H20BrNO2/c1-17(2,3)15-8-12(10-20)9-16(19-15)21-11-13-6-4-5-7-14(13)18/h4-9,20H,10-11H2,1-3H3. The van der Waals surface area contributed by atoms with Crippen LogP contribution in [0.25, 0.3) is 0 Å². The molecule has 0 aliphatic heterocycles. The van der Waals surface area contributed by atoms with Crippen molar-refractivity contribution in [2.75, 3.05) is 0 Å². The van der Waals surface area contributed by atoms with Gasteiger partial charge in [-0.1, -0.05) is 54.9 Å². The molecule has 0 spiro atoms. The highest BCUT2D eigenvalue weighted by molar-refractivity contribution is 9.10. The quantitative estimate of drug-likeness (QED) is 0.898. The third-order valence-corrected chi connectivity index (χ3v) is 3.92. The Hall–Kier alpha value is -1.39. The van der Waals surface area contributed by atoms with Crippen LogP contribution in [0.2, 0.25) is 0 Å². The lowest BCUT2D eigenvalue weighted by Crippen LogP contribution is -2.15. The van der Waals surface area contributed by atoms with Gasteiger partial charge in [-0.05, 0) is 17.7 Å². The first-order valence-corrected chi connectivity index (χ1v) is 7.68. The van der Waals surface area contributed by atoms with Crippen LogP contribution in [-0.4, -0.2) is 10.1 Å². The molecule has 1 aromatic carbocycles. The van der Waals surface area contributed by atoms with E-state index in [-0.39, 0.29) is 12.0 Å². The summed E-state index contributed by atoms with van der Waals surface area (Å²) >= 11 is 3.50. The average molecular weight is 350 g/mol. The van der Waals surface area contributed by atoms with Crippen molar-refractivity contribution in [2.45, 2.75) is 39.4 Å². The number of hydrogen-bond donors (Lipinski definition) is 1. The van der Waals surface area contributed by atoms with Crippen molar-refractivity contribution in [3.05, 3.63) is 57.7 Å². The number of benzene rings is 1. The molecule has 0 atom stereocenters. The fourth-order valence-corrected chi connectivity index (χ4v) is 2.27. The van der Waals surface area contributed by atoms with E-state index in [0.29, 0.717) is 12.5 Å². The van der Waals surface area contributed by atoms with Gasteiger partial charge in [-0.15, -0.1) is 0 Å². The Kier molecular flexibility index (Phi) is 5.01. The van der Waals surface area contributed by atoms with Gasteiger partial charge in [-0.25, -0.2) is 4.98 Å². The van der Waals surface area contributed by atoms with Crippen LogP contribution in [0.4, 0.5) is 0 Å². The Bertz CT molecular complexity index is 620. The molecule has 0 amide bonds. The van der Waals surface area contributed by atoms with E-state index in [0.717, 1.165) is 21.3 Å². The van der Waals surface area contributed by atoms with E-state index in [1.165, 1.54) is 0 Å². The maximum atomic E-state index is 9.39. The van der Waals surface area contributed by atoms with Crippen molar-refractivity contribution in [3.8, 4) is 5.88 Å². The number of pyridine rings is 1. The number of halogens is 1. The minimum absolute atomic E-state index is 0.0169. The summed E-state index contributed by atoms with van der Waals surface area (Å²) in [5, 5.41) is 9.39. The maximum absolute atomic E-state index is 9.39. The summed E-state index contributed by atoms with van der Waals surface area (Å²) in [6.07, 6.45) is 0. The third kappa shape index (κ3) is 4.29. The van der Waals surface area contributed by atoms with Crippen LogP contribution in [0.15, 0.2) is 40.9 Å². The molecule has 1 N–H and O–H groups in total. The smallest absolute Gasteiger partial charge is 0.214 e. The number of ether oxygens (including phenoxy) is 1. The number of aromatic nitrogens is 1. The van der Waals surface area contributed by atoms with Crippen LogP contribution in [0, 0.1) is 0 Å². The van der Waals surface area contributed by atoms with Crippen LogP contribution < -0.4 is 4.74 Å². The first-order chi connectivity index (χ1) is 9.90. The summed E-state index contributed by atoms with van der Waals surface area (Å²) in [5.41, 5.74) is 2.70. The molecule has 0 unspecified atom stereocenters. The van der Waals surface area contributed by atoms with Gasteiger partial charge in [-0.3, -0.25) is 0 Å². The third-order valence-electron chi connectivity index (χ3n) is 3.15. The molecule has 1 aromatic heterocycles. The minimum Gasteiger partial charge on any atom is -0.473 e. The topological polar surface area (TPSA) is 42.4 Å². The first kappa shape index (κ1) is 16.0. The molecule has 0 radical (unpaired) electrons. The number of aliphatic hydroxyl groups excluding tert-OH is 1. The van der Waals surface area contributed by atoms with Crippen LogP contribution >= 0.6 is 15.9 Å². The lowest BCUT2D eigenvalue weighted by atomic mass is 9.91. The lowest BCUT2D eigenvalue weighted by Gasteiger charge is -2.19. The normalized spacial score (nSPS) is 11.5. The van der Waals surface area contributed by atoms with Gasteiger partial charge in [0.15, 0.2) is 0 Å². The van der Waals surface area contributed by atoms with Gasteiger partial charge in [-0.2, -0.15) is 0 Å². The Morgan fingerprint density at radius 2 is 1.90 bits per heavy atom. The molecule has 0 bridgehead atoms. The summed E-state index contributed by atoms with van der Waals surface area (Å²) in [6, 6.07) is 11.6. The zero-order valence-corrected chi connectivity index (χ0v) is 14.1. The number of hydrogen-bond acceptors (Lipinski definition) is 3. The molecular weight excluding hydrogens is 330 g/mol. The van der Waals surface area contributed by atoms with Crippen molar-refractivity contribution in [3.63, 3.8) is 0 Å². The van der Waals surface area contributed by atoms with Crippen molar-refractivity contribution in [1.82, 2.24) is 4.98 Å². The van der Waals surface area contributed by atoms with Gasteiger partial charge in [0.1, 0.15) is 6.61 Å². The Labute approximate surface area is 134 Å². The molecule has 1 heterocycles. The maximum Gasteiger partial charge on any atom is 0.214 e. The van der Waals surface area contributed by atoms with E-state index in [4.69, 9.17) is 4.74 Å². The highest BCUT2D eigenvalue weighted by Crippen LogP contribution is 2.25. The molecular formula is C17H20BrNO2. The molecule has 0 saturated heterocycles. The Morgan fingerprint density at radius 1 is 1.19 bits per heavy atom. The van der Waals surface area contributed by atoms with Crippen LogP contribution in [0.1, 0.15) is 37.6 Å². The fourth-order valence-electron chi connectivity index (χ4n) is 1.88. The van der Waals surface area contributed by atoms with Crippen LogP contribution in [0.3, 0.4) is 0 Å². The summed E-state index contributed by atoms with van der Waals surface area (Å²) in [5.74, 6) is 0.544. The molecule has 0 aliphatic carbocycles. The monoisotopic (exact) mass is 349 g/mol. The highest BCUT2D eigenvalue weighted by atomic mass is 79.9. The van der Waals surface area contributed by atoms with Gasteiger partial charge in [0.2, 0.25) is 5.88 Å². The predicted octanol–water partition coefficient (Wildman–Crippen LogP) is 4.21. The zero-order valence-electron chi connectivity index (χ0n) is 12.6. The highest BCUT2D eigenvalue weighted by Gasteiger charge is 2.17. The summed E-state index contributed by atoms with van der Waals surface area (Å²) in [4.78, 5) is 4.55. The minimum atomic E-state index is -0.0867. The first-order valence-electron chi connectivity index (χ1n) is 6.88. The molecule has 0 saturated carbocycles. The molecule has 4 heteroatoms. The zero-order chi connectivity index (χ0) is 15.5. The van der Waals surface area contributed by atoms with Gasteiger partial charge in [0.05, 0.1) is 12.3 Å². The molecule has 0 aliphatic rings. The lowest BCUT2D eigenvalue weighted by molar-refractivity contribution is 0.273. The van der Waals surface area contributed by atoms with Crippen LogP contribution in [-0.2, 0) is 18.6 Å². The van der Waals surface area contributed by atoms with Gasteiger partial charge >= 0.3 is 0 Å². The van der Waals surface area contributed by atoms with Crippen molar-refractivity contribution < 1.29 is 9.84 Å². The van der Waals surface area contributed by atoms with E-state index in [1.807, 2.05) is 30.3 Å². The Balaban J connectivity index is 2.22. The van der Waals surface area contributed by atoms with Gasteiger partial charge in [0, 0.05) is 21.5 Å². The summed E-state index contributed by atoms with van der Waals surface area (Å²) in [6.45, 7) is 6.69. The number of aliphatic hydroxyl groups is 1. The molecule has 2 aromatic rings. The fraction of sp³-hybridized carbons (Fsp3) is 0.353. The van der Waals surface area contributed by atoms with E-state index < -0.39 is 0 Å². The molecule has 112 valence electrons. The molecule has 2 rings (SSSR count). The predicted molar refractivity (Wildman–Crippen MR) is 87.3 cm³/mol. The second kappa shape index (κ2) is 6.58. The molecule has 0 fully saturated rings. The molecule has 3 nitrogen and oxygen atoms in total. The van der Waals surface area contributed by atoms with E-state index in [9.17, 15) is 5.11 Å². The summed E-state index contributed by atoms with van der Waals surface area (Å²) < 4.78 is 6.81. The van der Waals surface area contributed by atoms with Gasteiger partial charge in [0.25, 0.3) is 0 Å². The van der Waals surface area contributed by atoms with E-state index in [2.05, 4.69) is 41.7 Å². The van der Waals surface area contributed by atoms with Crippen molar-refractivity contribution >= 4 is 15.9 Å². The second-order valence-electron chi connectivity index (χ2n) is 5.99.